The van der Waals surface area contributed by atoms with Crippen LogP contribution < -0.4 is 4.74 Å². The van der Waals surface area contributed by atoms with E-state index < -0.39 is 0 Å². The summed E-state index contributed by atoms with van der Waals surface area (Å²) in [7, 11) is 0. The summed E-state index contributed by atoms with van der Waals surface area (Å²) in [6, 6.07) is 58.9. The first kappa shape index (κ1) is 36.3. The van der Waals surface area contributed by atoms with Crippen LogP contribution >= 0.6 is 0 Å². The third-order valence-corrected chi connectivity index (χ3v) is 12.2. The van der Waals surface area contributed by atoms with Crippen LogP contribution in [0, 0.1) is 39.8 Å². The molecule has 0 saturated carbocycles. The second-order valence-electron chi connectivity index (χ2n) is 15.8. The van der Waals surface area contributed by atoms with Crippen molar-refractivity contribution in [1.82, 2.24) is 18.8 Å². The molecule has 0 radical (unpaired) electrons. The molecule has 12 aromatic rings. The number of ether oxygens (including phenoxy) is 1. The van der Waals surface area contributed by atoms with Crippen LogP contribution in [0.4, 0.5) is 0 Å². The van der Waals surface area contributed by atoms with Gasteiger partial charge in [0.25, 0.3) is 0 Å². The minimum absolute atomic E-state index is 0. The number of para-hydroxylation sites is 4. The fourth-order valence-electron chi connectivity index (χ4n) is 9.61. The molecule has 60 heavy (non-hydrogen) atoms. The zero-order chi connectivity index (χ0) is 39.5. The van der Waals surface area contributed by atoms with Gasteiger partial charge in [0.2, 0.25) is 0 Å². The van der Waals surface area contributed by atoms with Crippen molar-refractivity contribution < 1.29 is 25.2 Å². The summed E-state index contributed by atoms with van der Waals surface area (Å²) >= 11 is 0. The quantitative estimate of drug-likeness (QED) is 0.101. The standard InChI is InChI=1S/C54H36N4O.Pd/c1-31-11-9-12-32(2)51(31)35-19-25-47-41(27-35)39-23-21-37(29-43(39)53-55-45-15-5-7-17-49(45)57(47)53)59-38-22-24-40-42-28-36(52-33(3)13-10-14-34(52)4)20-26-48(42)58-50-18-8-6-16-46(50)56-54(58)44(40)30-38;/h5-28H,1-4H3;/q-2;+2. The van der Waals surface area contributed by atoms with E-state index in [0.717, 1.165) is 76.7 Å². The van der Waals surface area contributed by atoms with E-state index in [1.54, 1.807) is 0 Å². The zero-order valence-corrected chi connectivity index (χ0v) is 34.9. The number of hydrogen-bond donors (Lipinski definition) is 0. The maximum atomic E-state index is 6.73. The number of aryl methyl sites for hydroxylation is 4. The summed E-state index contributed by atoms with van der Waals surface area (Å²) in [4.78, 5) is 10.3. The summed E-state index contributed by atoms with van der Waals surface area (Å²) < 4.78 is 11.3. The van der Waals surface area contributed by atoms with E-state index in [4.69, 9.17) is 14.7 Å². The summed E-state index contributed by atoms with van der Waals surface area (Å²) in [5.41, 5.74) is 17.8. The van der Waals surface area contributed by atoms with Gasteiger partial charge in [0.1, 0.15) is 0 Å². The van der Waals surface area contributed by atoms with E-state index >= 15 is 0 Å². The van der Waals surface area contributed by atoms with E-state index in [-0.39, 0.29) is 20.4 Å². The molecule has 6 heteroatoms. The average molecular weight is 863 g/mol. The van der Waals surface area contributed by atoms with E-state index in [9.17, 15) is 0 Å². The fourth-order valence-corrected chi connectivity index (χ4v) is 9.61. The molecule has 0 spiro atoms. The Bertz CT molecular complexity index is 3480. The molecule has 0 saturated heterocycles. The number of rotatable bonds is 4. The van der Waals surface area contributed by atoms with Crippen molar-refractivity contribution in [1.29, 1.82) is 0 Å². The van der Waals surface area contributed by atoms with Gasteiger partial charge in [0.05, 0.1) is 33.4 Å². The molecule has 4 aromatic heterocycles. The normalized spacial score (nSPS) is 11.9. The van der Waals surface area contributed by atoms with Crippen molar-refractivity contribution in [2.75, 3.05) is 0 Å². The van der Waals surface area contributed by atoms with Gasteiger partial charge in [-0.3, -0.25) is 9.97 Å². The van der Waals surface area contributed by atoms with Crippen molar-refractivity contribution in [2.45, 2.75) is 27.7 Å². The number of fused-ring (bicyclic) bond motifs is 16. The molecule has 0 aliphatic carbocycles. The van der Waals surface area contributed by atoms with E-state index in [1.165, 1.54) is 44.5 Å². The van der Waals surface area contributed by atoms with Crippen LogP contribution in [0.15, 0.2) is 146 Å². The van der Waals surface area contributed by atoms with Gasteiger partial charge in [0, 0.05) is 22.5 Å². The zero-order valence-electron chi connectivity index (χ0n) is 33.4. The molecule has 0 bridgehead atoms. The molecule has 0 fully saturated rings. The number of imidazole rings is 2. The summed E-state index contributed by atoms with van der Waals surface area (Å²) in [6.07, 6.45) is 0. The van der Waals surface area contributed by atoms with Gasteiger partial charge in [-0.25, -0.2) is 0 Å². The molecule has 4 heterocycles. The molecule has 0 amide bonds. The van der Waals surface area contributed by atoms with Crippen molar-refractivity contribution in [3.8, 4) is 33.8 Å². The van der Waals surface area contributed by atoms with Gasteiger partial charge in [-0.15, -0.1) is 12.1 Å². The summed E-state index contributed by atoms with van der Waals surface area (Å²) in [5.74, 6) is 1.19. The van der Waals surface area contributed by atoms with Crippen molar-refractivity contribution in [2.24, 2.45) is 0 Å². The fraction of sp³-hybridized carbons (Fsp3) is 0.0741. The third-order valence-electron chi connectivity index (χ3n) is 12.2. The molecular weight excluding hydrogens is 827 g/mol. The number of benzene rings is 8. The van der Waals surface area contributed by atoms with Gasteiger partial charge in [-0.1, -0.05) is 131 Å². The third kappa shape index (κ3) is 5.35. The molecule has 0 atom stereocenters. The first-order valence-corrected chi connectivity index (χ1v) is 20.1. The van der Waals surface area contributed by atoms with E-state index in [0.29, 0.717) is 11.5 Å². The smallest absolute Gasteiger partial charge is 0.497 e. The SMILES string of the molecule is Cc1cccc(C)c1-c1ccc2c(c1)c1ccc(Oc3[c-]c4c(cc3)c3cc(-c5c(C)cccc5C)ccc3n3c5ccccc5nc43)[c-]c1c1nc3ccccc3n21.[Pd+2]. The van der Waals surface area contributed by atoms with Crippen molar-refractivity contribution in [3.63, 3.8) is 0 Å². The van der Waals surface area contributed by atoms with Gasteiger partial charge >= 0.3 is 20.4 Å². The van der Waals surface area contributed by atoms with Crippen LogP contribution in [-0.4, -0.2) is 18.8 Å². The molecule has 8 aromatic carbocycles. The first-order chi connectivity index (χ1) is 28.9. The van der Waals surface area contributed by atoms with Crippen LogP contribution in [0.2, 0.25) is 0 Å². The molecule has 12 rings (SSSR count). The Hall–Kier alpha value is -6.84. The Kier molecular flexibility index (Phi) is 8.22. The average Bonchev–Trinajstić information content (AvgIpc) is 3.84. The topological polar surface area (TPSA) is 43.8 Å². The van der Waals surface area contributed by atoms with Crippen LogP contribution in [0.3, 0.4) is 0 Å². The van der Waals surface area contributed by atoms with Crippen molar-refractivity contribution >= 4 is 76.7 Å². The summed E-state index contributed by atoms with van der Waals surface area (Å²) in [6.45, 7) is 8.74. The Morgan fingerprint density at radius 1 is 0.417 bits per heavy atom. The Balaban J connectivity index is 0.00000408. The molecule has 288 valence electrons. The molecule has 0 aliphatic heterocycles. The first-order valence-electron chi connectivity index (χ1n) is 20.1. The minimum atomic E-state index is 0. The predicted octanol–water partition coefficient (Wildman–Crippen LogP) is 13.9. The van der Waals surface area contributed by atoms with E-state index in [1.807, 2.05) is 24.3 Å². The molecule has 5 nitrogen and oxygen atoms in total. The van der Waals surface area contributed by atoms with Gasteiger partial charge in [-0.2, -0.15) is 0 Å². The Morgan fingerprint density at radius 3 is 1.27 bits per heavy atom. The second-order valence-corrected chi connectivity index (χ2v) is 15.8. The minimum Gasteiger partial charge on any atom is -0.497 e. The number of nitrogens with zero attached hydrogens (tertiary/aromatic N) is 4. The Morgan fingerprint density at radius 2 is 0.833 bits per heavy atom. The van der Waals surface area contributed by atoms with Gasteiger partial charge < -0.3 is 13.5 Å². The maximum Gasteiger partial charge on any atom is 2.00 e. The van der Waals surface area contributed by atoms with Gasteiger partial charge in [-0.05, 0) is 119 Å². The van der Waals surface area contributed by atoms with E-state index in [2.05, 4.69) is 170 Å². The summed E-state index contributed by atoms with van der Waals surface area (Å²) in [5, 5.41) is 6.22. The van der Waals surface area contributed by atoms with Gasteiger partial charge in [0.15, 0.2) is 0 Å². The van der Waals surface area contributed by atoms with Crippen LogP contribution in [0.25, 0.3) is 99.0 Å². The number of pyridine rings is 2. The number of hydrogen-bond acceptors (Lipinski definition) is 3. The molecule has 0 N–H and O–H groups in total. The second kappa shape index (κ2) is 13.6. The van der Waals surface area contributed by atoms with Crippen LogP contribution in [-0.2, 0) is 20.4 Å². The van der Waals surface area contributed by atoms with Crippen LogP contribution in [0.5, 0.6) is 11.5 Å². The number of aromatic nitrogens is 4. The molecular formula is C54H36N4OPd. The van der Waals surface area contributed by atoms with Crippen molar-refractivity contribution in [3.05, 3.63) is 180 Å². The van der Waals surface area contributed by atoms with Crippen LogP contribution in [0.1, 0.15) is 22.3 Å². The largest absolute Gasteiger partial charge is 2.00 e. The Labute approximate surface area is 360 Å². The predicted molar refractivity (Wildman–Crippen MR) is 243 cm³/mol. The monoisotopic (exact) mass is 862 g/mol. The maximum absolute atomic E-state index is 6.73. The molecule has 0 unspecified atom stereocenters. The molecule has 0 aliphatic rings.